The third-order valence-electron chi connectivity index (χ3n) is 3.38. The highest BCUT2D eigenvalue weighted by Gasteiger charge is 2.33. The molecular weight excluding hydrogens is 396 g/mol. The van der Waals surface area contributed by atoms with Gasteiger partial charge in [0.2, 0.25) is 0 Å². The number of rotatable bonds is 7. The van der Waals surface area contributed by atoms with Crippen molar-refractivity contribution in [3.63, 3.8) is 0 Å². The zero-order valence-electron chi connectivity index (χ0n) is 14.8. The Kier molecular flexibility index (Phi) is 9.07. The molecule has 142 valence electrons. The molecule has 0 aromatic heterocycles. The van der Waals surface area contributed by atoms with E-state index in [9.17, 15) is 9.59 Å². The second kappa shape index (κ2) is 10.5. The maximum absolute atomic E-state index is 12.1. The summed E-state index contributed by atoms with van der Waals surface area (Å²) in [4.78, 5) is 28.2. The number of halogens is 1. The minimum atomic E-state index is -0.469. The van der Waals surface area contributed by atoms with Gasteiger partial charge in [0.25, 0.3) is 5.24 Å². The van der Waals surface area contributed by atoms with Crippen LogP contribution in [0.2, 0.25) is 0 Å². The number of likely N-dealkylation sites (N-methyl/N-ethyl adjacent to an activating group) is 1. The number of hydrogen-bond donors (Lipinski definition) is 0. The Bertz CT molecular complexity index is 693. The highest BCUT2D eigenvalue weighted by atomic mass is 35.5. The fraction of sp³-hybridized carbons (Fsp3) is 0.353. The SMILES string of the molecule is COc1ccc(/C=C2/SC(=O)N(CC(=O)OCCN(C)C)C2=S)cc1.Cl. The lowest BCUT2D eigenvalue weighted by Gasteiger charge is -2.15. The fourth-order valence-electron chi connectivity index (χ4n) is 2.00. The number of methoxy groups -OCH3 is 1. The summed E-state index contributed by atoms with van der Waals surface area (Å²) in [5.74, 6) is 0.283. The molecule has 0 bridgehead atoms. The van der Waals surface area contributed by atoms with Gasteiger partial charge in [-0.2, -0.15) is 0 Å². The average molecular weight is 417 g/mol. The van der Waals surface area contributed by atoms with Crippen molar-refractivity contribution in [2.24, 2.45) is 0 Å². The van der Waals surface area contributed by atoms with E-state index in [2.05, 4.69) is 0 Å². The minimum Gasteiger partial charge on any atom is -0.497 e. The second-order valence-corrected chi connectivity index (χ2v) is 6.94. The average Bonchev–Trinajstić information content (AvgIpc) is 2.83. The summed E-state index contributed by atoms with van der Waals surface area (Å²) in [7, 11) is 5.38. The van der Waals surface area contributed by atoms with Gasteiger partial charge in [-0.3, -0.25) is 14.5 Å². The Balaban J connectivity index is 0.00000338. The van der Waals surface area contributed by atoms with Crippen LogP contribution in [0.4, 0.5) is 4.79 Å². The van der Waals surface area contributed by atoms with E-state index in [0.717, 1.165) is 23.1 Å². The van der Waals surface area contributed by atoms with Gasteiger partial charge in [-0.05, 0) is 49.6 Å². The number of esters is 1. The standard InChI is InChI=1S/C17H20N2O4S2.ClH/c1-18(2)8-9-23-15(20)11-19-16(24)14(25-17(19)21)10-12-4-6-13(22-3)7-5-12;/h4-7,10H,8-9,11H2,1-3H3;1H/b14-10+;. The van der Waals surface area contributed by atoms with Crippen LogP contribution in [-0.2, 0) is 9.53 Å². The zero-order chi connectivity index (χ0) is 18.4. The van der Waals surface area contributed by atoms with Crippen molar-refractivity contribution < 1.29 is 19.1 Å². The number of carbonyl (C=O) groups is 2. The molecule has 0 N–H and O–H groups in total. The predicted molar refractivity (Wildman–Crippen MR) is 110 cm³/mol. The lowest BCUT2D eigenvalue weighted by molar-refractivity contribution is -0.143. The van der Waals surface area contributed by atoms with Crippen molar-refractivity contribution in [2.75, 3.05) is 40.9 Å². The Labute approximate surface area is 168 Å². The van der Waals surface area contributed by atoms with E-state index in [1.807, 2.05) is 49.3 Å². The summed E-state index contributed by atoms with van der Waals surface area (Å²) in [5.41, 5.74) is 0.897. The molecule has 0 aliphatic carbocycles. The van der Waals surface area contributed by atoms with Gasteiger partial charge in [-0.25, -0.2) is 0 Å². The Morgan fingerprint density at radius 1 is 1.31 bits per heavy atom. The Morgan fingerprint density at radius 2 is 1.96 bits per heavy atom. The number of benzene rings is 1. The van der Waals surface area contributed by atoms with Crippen LogP contribution in [0, 0.1) is 0 Å². The molecule has 9 heteroatoms. The van der Waals surface area contributed by atoms with Crippen molar-refractivity contribution in [3.8, 4) is 5.75 Å². The second-order valence-electron chi connectivity index (χ2n) is 5.56. The molecule has 0 saturated carbocycles. The van der Waals surface area contributed by atoms with Crippen LogP contribution in [0.15, 0.2) is 29.2 Å². The summed E-state index contributed by atoms with van der Waals surface area (Å²) in [6, 6.07) is 7.41. The first-order valence-electron chi connectivity index (χ1n) is 7.60. The molecule has 1 aromatic carbocycles. The summed E-state index contributed by atoms with van der Waals surface area (Å²) < 4.78 is 10.2. The number of hydrogen-bond acceptors (Lipinski definition) is 7. The number of thiocarbonyl (C=S) groups is 1. The number of carbonyl (C=O) groups excluding carboxylic acids is 2. The molecule has 1 heterocycles. The van der Waals surface area contributed by atoms with E-state index in [1.54, 1.807) is 7.11 Å². The summed E-state index contributed by atoms with van der Waals surface area (Å²) in [5, 5.41) is -0.269. The normalized spacial score (nSPS) is 15.4. The smallest absolute Gasteiger partial charge is 0.326 e. The van der Waals surface area contributed by atoms with E-state index in [0.29, 0.717) is 16.4 Å². The van der Waals surface area contributed by atoms with Crippen molar-refractivity contribution in [1.82, 2.24) is 9.80 Å². The van der Waals surface area contributed by atoms with Gasteiger partial charge >= 0.3 is 5.97 Å². The first-order chi connectivity index (χ1) is 11.9. The number of nitrogens with zero attached hydrogens (tertiary/aromatic N) is 2. The van der Waals surface area contributed by atoms with Crippen LogP contribution in [0.25, 0.3) is 6.08 Å². The largest absolute Gasteiger partial charge is 0.497 e. The third-order valence-corrected chi connectivity index (χ3v) is 4.87. The molecule has 1 fully saturated rings. The maximum Gasteiger partial charge on any atom is 0.326 e. The van der Waals surface area contributed by atoms with Gasteiger partial charge in [-0.15, -0.1) is 12.4 Å². The summed E-state index contributed by atoms with van der Waals surface area (Å²) in [6.45, 7) is 0.738. The Morgan fingerprint density at radius 3 is 2.54 bits per heavy atom. The lowest BCUT2D eigenvalue weighted by atomic mass is 10.2. The Hall–Kier alpha value is -1.61. The molecular formula is C17H21ClN2O4S2. The van der Waals surface area contributed by atoms with E-state index in [-0.39, 0.29) is 30.8 Å². The monoisotopic (exact) mass is 416 g/mol. The van der Waals surface area contributed by atoms with Crippen LogP contribution in [-0.4, -0.2) is 66.9 Å². The molecule has 1 amide bonds. The molecule has 26 heavy (non-hydrogen) atoms. The van der Waals surface area contributed by atoms with Crippen LogP contribution < -0.4 is 4.74 Å². The molecule has 6 nitrogen and oxygen atoms in total. The molecule has 1 aliphatic heterocycles. The molecule has 0 radical (unpaired) electrons. The quantitative estimate of drug-likeness (QED) is 0.384. The maximum atomic E-state index is 12.1. The molecule has 2 rings (SSSR count). The molecule has 1 aromatic rings. The van der Waals surface area contributed by atoms with Gasteiger partial charge in [0.05, 0.1) is 12.0 Å². The van der Waals surface area contributed by atoms with Crippen LogP contribution in [0.3, 0.4) is 0 Å². The van der Waals surface area contributed by atoms with Gasteiger partial charge < -0.3 is 14.4 Å². The van der Waals surface area contributed by atoms with Crippen molar-refractivity contribution >= 4 is 58.7 Å². The van der Waals surface area contributed by atoms with E-state index >= 15 is 0 Å². The van der Waals surface area contributed by atoms with Crippen molar-refractivity contribution in [3.05, 3.63) is 34.7 Å². The van der Waals surface area contributed by atoms with Crippen molar-refractivity contribution in [1.29, 1.82) is 0 Å². The fourth-order valence-corrected chi connectivity index (χ4v) is 3.24. The molecule has 1 aliphatic rings. The predicted octanol–water partition coefficient (Wildman–Crippen LogP) is 3.06. The molecule has 1 saturated heterocycles. The lowest BCUT2D eigenvalue weighted by Crippen LogP contribution is -2.34. The zero-order valence-corrected chi connectivity index (χ0v) is 17.2. The summed E-state index contributed by atoms with van der Waals surface area (Å²) >= 11 is 6.35. The van der Waals surface area contributed by atoms with Crippen LogP contribution in [0.1, 0.15) is 5.56 Å². The van der Waals surface area contributed by atoms with Gasteiger partial charge in [0, 0.05) is 6.54 Å². The molecule has 0 unspecified atom stereocenters. The first kappa shape index (κ1) is 22.4. The number of thioether (sulfide) groups is 1. The van der Waals surface area contributed by atoms with Crippen molar-refractivity contribution in [2.45, 2.75) is 0 Å². The number of ether oxygens (including phenoxy) is 2. The third kappa shape index (κ3) is 6.28. The van der Waals surface area contributed by atoms with Crippen LogP contribution in [0.5, 0.6) is 5.75 Å². The van der Waals surface area contributed by atoms with E-state index < -0.39 is 5.97 Å². The first-order valence-corrected chi connectivity index (χ1v) is 8.83. The summed E-state index contributed by atoms with van der Waals surface area (Å²) in [6.07, 6.45) is 1.82. The highest BCUT2D eigenvalue weighted by molar-refractivity contribution is 8.19. The van der Waals surface area contributed by atoms with Gasteiger partial charge in [0.15, 0.2) is 0 Å². The van der Waals surface area contributed by atoms with E-state index in [4.69, 9.17) is 21.7 Å². The topological polar surface area (TPSA) is 59.1 Å². The van der Waals surface area contributed by atoms with E-state index in [1.165, 1.54) is 4.90 Å². The van der Waals surface area contributed by atoms with Crippen LogP contribution >= 0.6 is 36.4 Å². The number of amides is 1. The minimum absolute atomic E-state index is 0. The van der Waals surface area contributed by atoms with Gasteiger partial charge in [0.1, 0.15) is 23.9 Å². The molecule has 0 atom stereocenters. The van der Waals surface area contributed by atoms with Gasteiger partial charge in [-0.1, -0.05) is 24.4 Å². The molecule has 0 spiro atoms. The highest BCUT2D eigenvalue weighted by Crippen LogP contribution is 2.33.